The summed E-state index contributed by atoms with van der Waals surface area (Å²) in [7, 11) is 0. The number of anilines is 1. The average Bonchev–Trinajstić information content (AvgIpc) is 2.92. The van der Waals surface area contributed by atoms with Crippen molar-refractivity contribution < 1.29 is 9.18 Å². The number of fused-ring (bicyclic) bond motifs is 1. The molecule has 0 atom stereocenters. The van der Waals surface area contributed by atoms with Crippen LogP contribution in [0.25, 0.3) is 10.1 Å². The summed E-state index contributed by atoms with van der Waals surface area (Å²) in [6.45, 7) is 2.38. The zero-order valence-electron chi connectivity index (χ0n) is 11.5. The molecule has 1 aromatic heterocycles. The summed E-state index contributed by atoms with van der Waals surface area (Å²) in [4.78, 5) is 14.4. The lowest BCUT2D eigenvalue weighted by atomic mass is 10.1. The third-order valence-corrected chi connectivity index (χ3v) is 4.36. The predicted octanol–water partition coefficient (Wildman–Crippen LogP) is 4.71. The zero-order valence-corrected chi connectivity index (χ0v) is 12.4. The molecule has 1 heterocycles. The molecule has 0 spiro atoms. The van der Waals surface area contributed by atoms with E-state index < -0.39 is 0 Å². The predicted molar refractivity (Wildman–Crippen MR) is 85.6 cm³/mol. The van der Waals surface area contributed by atoms with Crippen LogP contribution in [0.3, 0.4) is 0 Å². The summed E-state index contributed by atoms with van der Waals surface area (Å²) in [5.41, 5.74) is 1.25. The Morgan fingerprint density at radius 2 is 2.00 bits per heavy atom. The van der Waals surface area contributed by atoms with Gasteiger partial charge in [0, 0.05) is 27.7 Å². The number of carbonyl (C=O) groups excluding carboxylic acids is 1. The topological polar surface area (TPSA) is 20.3 Å². The van der Waals surface area contributed by atoms with Crippen molar-refractivity contribution in [3.8, 4) is 0 Å². The Bertz CT molecular complexity index is 796. The third kappa shape index (κ3) is 2.54. The Morgan fingerprint density at radius 1 is 1.19 bits per heavy atom. The molecule has 0 aliphatic carbocycles. The van der Waals surface area contributed by atoms with Crippen LogP contribution in [0.5, 0.6) is 0 Å². The Balaban J connectivity index is 2.03. The first-order valence-electron chi connectivity index (χ1n) is 6.74. The first kappa shape index (κ1) is 13.8. The van der Waals surface area contributed by atoms with Gasteiger partial charge >= 0.3 is 0 Å². The molecule has 0 fully saturated rings. The van der Waals surface area contributed by atoms with E-state index >= 15 is 0 Å². The molecule has 1 amide bonds. The van der Waals surface area contributed by atoms with Crippen LogP contribution in [0.4, 0.5) is 10.1 Å². The number of rotatable bonds is 3. The highest BCUT2D eigenvalue weighted by atomic mass is 32.1. The van der Waals surface area contributed by atoms with E-state index in [0.717, 1.165) is 10.1 Å². The molecular formula is C17H14FNOS. The van der Waals surface area contributed by atoms with Crippen LogP contribution in [0.15, 0.2) is 53.9 Å². The van der Waals surface area contributed by atoms with Crippen molar-refractivity contribution >= 4 is 33.0 Å². The number of hydrogen-bond donors (Lipinski definition) is 0. The molecule has 2 nitrogen and oxygen atoms in total. The lowest BCUT2D eigenvalue weighted by Crippen LogP contribution is -2.30. The van der Waals surface area contributed by atoms with Gasteiger partial charge in [0.15, 0.2) is 0 Å². The molecular weight excluding hydrogens is 285 g/mol. The van der Waals surface area contributed by atoms with Gasteiger partial charge in [0.2, 0.25) is 0 Å². The van der Waals surface area contributed by atoms with Gasteiger partial charge in [-0.2, -0.15) is 0 Å². The van der Waals surface area contributed by atoms with Gasteiger partial charge in [-0.25, -0.2) is 4.39 Å². The molecule has 3 aromatic rings. The minimum absolute atomic E-state index is 0.0967. The van der Waals surface area contributed by atoms with Crippen molar-refractivity contribution in [2.45, 2.75) is 6.92 Å². The van der Waals surface area contributed by atoms with E-state index in [9.17, 15) is 9.18 Å². The van der Waals surface area contributed by atoms with E-state index in [1.807, 2.05) is 36.6 Å². The molecule has 0 aliphatic rings. The molecule has 106 valence electrons. The minimum Gasteiger partial charge on any atom is -0.309 e. The second kappa shape index (κ2) is 5.66. The van der Waals surface area contributed by atoms with Crippen molar-refractivity contribution in [3.63, 3.8) is 0 Å². The highest BCUT2D eigenvalue weighted by Crippen LogP contribution is 2.28. The Kier molecular flexibility index (Phi) is 3.71. The number of hydrogen-bond acceptors (Lipinski definition) is 2. The number of thiophene rings is 1. The van der Waals surface area contributed by atoms with Crippen LogP contribution in [0.1, 0.15) is 17.3 Å². The average molecular weight is 299 g/mol. The Hall–Kier alpha value is -2.20. The van der Waals surface area contributed by atoms with Crippen LogP contribution >= 0.6 is 11.3 Å². The van der Waals surface area contributed by atoms with Gasteiger partial charge < -0.3 is 4.90 Å². The maximum Gasteiger partial charge on any atom is 0.259 e. The van der Waals surface area contributed by atoms with Crippen LogP contribution in [0.2, 0.25) is 0 Å². The van der Waals surface area contributed by atoms with Crippen molar-refractivity contribution in [1.82, 2.24) is 0 Å². The maximum absolute atomic E-state index is 13.4. The summed E-state index contributed by atoms with van der Waals surface area (Å²) >= 11 is 1.55. The van der Waals surface area contributed by atoms with Gasteiger partial charge in [-0.1, -0.05) is 24.3 Å². The summed E-state index contributed by atoms with van der Waals surface area (Å²) in [5, 5.41) is 2.82. The number of halogens is 1. The quantitative estimate of drug-likeness (QED) is 0.686. The van der Waals surface area contributed by atoms with Gasteiger partial charge in [0.25, 0.3) is 5.91 Å². The van der Waals surface area contributed by atoms with Crippen molar-refractivity contribution in [1.29, 1.82) is 0 Å². The van der Waals surface area contributed by atoms with E-state index in [1.54, 1.807) is 28.4 Å². The van der Waals surface area contributed by atoms with Gasteiger partial charge in [-0.3, -0.25) is 4.79 Å². The molecule has 0 saturated carbocycles. The first-order valence-corrected chi connectivity index (χ1v) is 7.62. The SMILES string of the molecule is CCN(C(=O)c1csc2ccccc12)c1cccc(F)c1. The molecule has 3 rings (SSSR count). The number of amides is 1. The largest absolute Gasteiger partial charge is 0.309 e. The molecule has 0 unspecified atom stereocenters. The monoisotopic (exact) mass is 299 g/mol. The van der Waals surface area contributed by atoms with Gasteiger partial charge in [-0.15, -0.1) is 11.3 Å². The Labute approximate surface area is 126 Å². The normalized spacial score (nSPS) is 10.8. The summed E-state index contributed by atoms with van der Waals surface area (Å²) < 4.78 is 14.5. The summed E-state index contributed by atoms with van der Waals surface area (Å²) in [6, 6.07) is 13.9. The molecule has 2 aromatic carbocycles. The number of benzene rings is 2. The van der Waals surface area contributed by atoms with Crippen molar-refractivity contribution in [3.05, 3.63) is 65.3 Å². The third-order valence-electron chi connectivity index (χ3n) is 3.39. The highest BCUT2D eigenvalue weighted by Gasteiger charge is 2.19. The summed E-state index contributed by atoms with van der Waals surface area (Å²) in [6.07, 6.45) is 0. The maximum atomic E-state index is 13.4. The number of nitrogens with zero attached hydrogens (tertiary/aromatic N) is 1. The smallest absolute Gasteiger partial charge is 0.259 e. The molecule has 0 N–H and O–H groups in total. The lowest BCUT2D eigenvalue weighted by Gasteiger charge is -2.20. The second-order valence-corrected chi connectivity index (χ2v) is 5.59. The summed E-state index contributed by atoms with van der Waals surface area (Å²) in [5.74, 6) is -0.436. The van der Waals surface area contributed by atoms with Crippen LogP contribution in [-0.2, 0) is 0 Å². The van der Waals surface area contributed by atoms with E-state index in [2.05, 4.69) is 0 Å². The fourth-order valence-electron chi connectivity index (χ4n) is 2.38. The van der Waals surface area contributed by atoms with Crippen LogP contribution < -0.4 is 4.90 Å². The molecule has 0 saturated heterocycles. The highest BCUT2D eigenvalue weighted by molar-refractivity contribution is 7.17. The second-order valence-electron chi connectivity index (χ2n) is 4.67. The first-order chi connectivity index (χ1) is 10.2. The van der Waals surface area contributed by atoms with E-state index in [4.69, 9.17) is 0 Å². The van der Waals surface area contributed by atoms with Crippen LogP contribution in [0, 0.1) is 5.82 Å². The van der Waals surface area contributed by atoms with E-state index in [1.165, 1.54) is 12.1 Å². The van der Waals surface area contributed by atoms with E-state index in [0.29, 0.717) is 17.8 Å². The van der Waals surface area contributed by atoms with E-state index in [-0.39, 0.29) is 11.7 Å². The molecule has 0 radical (unpaired) electrons. The Morgan fingerprint density at radius 3 is 2.76 bits per heavy atom. The lowest BCUT2D eigenvalue weighted by molar-refractivity contribution is 0.0990. The van der Waals surface area contributed by atoms with Gasteiger partial charge in [-0.05, 0) is 31.2 Å². The van der Waals surface area contributed by atoms with Crippen molar-refractivity contribution in [2.24, 2.45) is 0 Å². The molecule has 0 aliphatic heterocycles. The zero-order chi connectivity index (χ0) is 14.8. The fourth-order valence-corrected chi connectivity index (χ4v) is 3.31. The minimum atomic E-state index is -0.339. The van der Waals surface area contributed by atoms with Crippen molar-refractivity contribution in [2.75, 3.05) is 11.4 Å². The standard InChI is InChI=1S/C17H14FNOS/c1-2-19(13-7-5-6-12(18)10-13)17(20)15-11-21-16-9-4-3-8-14(15)16/h3-11H,2H2,1H3. The molecule has 0 bridgehead atoms. The van der Waals surface area contributed by atoms with Gasteiger partial charge in [0.05, 0.1) is 5.56 Å². The van der Waals surface area contributed by atoms with Crippen LogP contribution in [-0.4, -0.2) is 12.5 Å². The number of carbonyl (C=O) groups is 1. The fraction of sp³-hybridized carbons (Fsp3) is 0.118. The molecule has 4 heteroatoms. The van der Waals surface area contributed by atoms with Gasteiger partial charge in [0.1, 0.15) is 5.82 Å². The molecule has 21 heavy (non-hydrogen) atoms.